The molecule has 0 saturated heterocycles. The van der Waals surface area contributed by atoms with Crippen LogP contribution in [0.15, 0.2) is 53.9 Å². The van der Waals surface area contributed by atoms with E-state index in [9.17, 15) is 4.79 Å². The van der Waals surface area contributed by atoms with Gasteiger partial charge in [-0.05, 0) is 30.7 Å². The van der Waals surface area contributed by atoms with E-state index >= 15 is 0 Å². The fourth-order valence-corrected chi connectivity index (χ4v) is 3.59. The molecular weight excluding hydrogens is 360 g/mol. The molecule has 0 radical (unpaired) electrons. The van der Waals surface area contributed by atoms with Gasteiger partial charge in [0.25, 0.3) is 0 Å². The van der Waals surface area contributed by atoms with Gasteiger partial charge in [0.1, 0.15) is 5.01 Å². The number of carbonyl (C=O) groups excluding carboxylic acids is 1. The van der Waals surface area contributed by atoms with Crippen LogP contribution in [0.1, 0.15) is 24.2 Å². The quantitative estimate of drug-likeness (QED) is 0.664. The Hall–Kier alpha value is -2.86. The third-order valence-electron chi connectivity index (χ3n) is 4.20. The molecule has 0 fully saturated rings. The van der Waals surface area contributed by atoms with Gasteiger partial charge in [-0.15, -0.1) is 11.3 Å². The van der Waals surface area contributed by atoms with Crippen LogP contribution < -0.4 is 14.8 Å². The summed E-state index contributed by atoms with van der Waals surface area (Å²) in [5.41, 5.74) is 2.76. The van der Waals surface area contributed by atoms with Crippen molar-refractivity contribution in [2.45, 2.75) is 19.4 Å². The second-order valence-electron chi connectivity index (χ2n) is 6.09. The Morgan fingerprint density at radius 2 is 1.85 bits per heavy atom. The molecule has 0 aliphatic rings. The largest absolute Gasteiger partial charge is 0.493 e. The van der Waals surface area contributed by atoms with Gasteiger partial charge in [0.15, 0.2) is 11.5 Å². The van der Waals surface area contributed by atoms with Crippen molar-refractivity contribution in [3.63, 3.8) is 0 Å². The van der Waals surface area contributed by atoms with Crippen molar-refractivity contribution in [3.05, 3.63) is 65.2 Å². The number of aromatic nitrogens is 1. The predicted molar refractivity (Wildman–Crippen MR) is 107 cm³/mol. The smallest absolute Gasteiger partial charge is 0.226 e. The van der Waals surface area contributed by atoms with E-state index in [2.05, 4.69) is 10.3 Å². The zero-order chi connectivity index (χ0) is 19.2. The van der Waals surface area contributed by atoms with E-state index < -0.39 is 0 Å². The number of rotatable bonds is 7. The fraction of sp³-hybridized carbons (Fsp3) is 0.238. The molecule has 3 rings (SSSR count). The van der Waals surface area contributed by atoms with E-state index in [1.54, 1.807) is 14.2 Å². The highest BCUT2D eigenvalue weighted by Gasteiger charge is 2.13. The monoisotopic (exact) mass is 382 g/mol. The van der Waals surface area contributed by atoms with Gasteiger partial charge in [0.05, 0.1) is 32.4 Å². The van der Waals surface area contributed by atoms with E-state index in [0.29, 0.717) is 11.5 Å². The number of benzene rings is 2. The lowest BCUT2D eigenvalue weighted by atomic mass is 10.1. The molecule has 5 nitrogen and oxygen atoms in total. The molecule has 3 aromatic rings. The van der Waals surface area contributed by atoms with Crippen LogP contribution in [0.2, 0.25) is 0 Å². The summed E-state index contributed by atoms with van der Waals surface area (Å²) in [6.07, 6.45) is 0.251. The SMILES string of the molecule is COc1ccc(-c2nc(CC(=O)NC(C)c3ccccc3)cs2)cc1OC. The van der Waals surface area contributed by atoms with Gasteiger partial charge in [0, 0.05) is 10.9 Å². The molecular formula is C21H22N2O3S. The normalized spacial score (nSPS) is 11.7. The molecule has 140 valence electrons. The number of nitrogens with zero attached hydrogens (tertiary/aromatic N) is 1. The molecule has 0 bridgehead atoms. The van der Waals surface area contributed by atoms with Crippen molar-refractivity contribution >= 4 is 17.2 Å². The summed E-state index contributed by atoms with van der Waals surface area (Å²) >= 11 is 1.51. The molecule has 2 aromatic carbocycles. The number of hydrogen-bond acceptors (Lipinski definition) is 5. The number of amides is 1. The second-order valence-corrected chi connectivity index (χ2v) is 6.95. The summed E-state index contributed by atoms with van der Waals surface area (Å²) in [6, 6.07) is 15.5. The third-order valence-corrected chi connectivity index (χ3v) is 5.14. The van der Waals surface area contributed by atoms with Crippen molar-refractivity contribution in [2.24, 2.45) is 0 Å². The summed E-state index contributed by atoms with van der Waals surface area (Å²) in [5, 5.41) is 5.77. The molecule has 6 heteroatoms. The average molecular weight is 382 g/mol. The Labute approximate surface area is 163 Å². The van der Waals surface area contributed by atoms with Crippen LogP contribution in [-0.4, -0.2) is 25.1 Å². The maximum atomic E-state index is 12.3. The van der Waals surface area contributed by atoms with Crippen molar-refractivity contribution in [1.29, 1.82) is 0 Å². The molecule has 1 aromatic heterocycles. The summed E-state index contributed by atoms with van der Waals surface area (Å²) in [5.74, 6) is 1.28. The molecule has 27 heavy (non-hydrogen) atoms. The van der Waals surface area contributed by atoms with Crippen LogP contribution in [0, 0.1) is 0 Å². The maximum Gasteiger partial charge on any atom is 0.226 e. The van der Waals surface area contributed by atoms with Crippen molar-refractivity contribution in [2.75, 3.05) is 14.2 Å². The Morgan fingerprint density at radius 3 is 2.56 bits per heavy atom. The maximum absolute atomic E-state index is 12.3. The summed E-state index contributed by atoms with van der Waals surface area (Å²) < 4.78 is 10.6. The van der Waals surface area contributed by atoms with E-state index in [0.717, 1.165) is 21.8 Å². The summed E-state index contributed by atoms with van der Waals surface area (Å²) in [4.78, 5) is 16.9. The first kappa shape index (κ1) is 18.9. The minimum Gasteiger partial charge on any atom is -0.493 e. The molecule has 1 unspecified atom stereocenters. The van der Waals surface area contributed by atoms with E-state index in [1.165, 1.54) is 11.3 Å². The lowest BCUT2D eigenvalue weighted by molar-refractivity contribution is -0.121. The standard InChI is InChI=1S/C21H22N2O3S/c1-14(15-7-5-4-6-8-15)22-20(24)12-17-13-27-21(23-17)16-9-10-18(25-2)19(11-16)26-3/h4-11,13-14H,12H2,1-3H3,(H,22,24). The van der Waals surface area contributed by atoms with Gasteiger partial charge in [0.2, 0.25) is 5.91 Å². The lowest BCUT2D eigenvalue weighted by Crippen LogP contribution is -2.28. The van der Waals surface area contributed by atoms with Crippen molar-refractivity contribution in [1.82, 2.24) is 10.3 Å². The van der Waals surface area contributed by atoms with Crippen LogP contribution >= 0.6 is 11.3 Å². The summed E-state index contributed by atoms with van der Waals surface area (Å²) in [6.45, 7) is 1.98. The highest BCUT2D eigenvalue weighted by Crippen LogP contribution is 2.33. The minimum absolute atomic E-state index is 0.0392. The first-order chi connectivity index (χ1) is 13.1. The van der Waals surface area contributed by atoms with Gasteiger partial charge < -0.3 is 14.8 Å². The Balaban J connectivity index is 1.66. The van der Waals surface area contributed by atoms with Gasteiger partial charge in [-0.25, -0.2) is 4.98 Å². The number of hydrogen-bond donors (Lipinski definition) is 1. The first-order valence-electron chi connectivity index (χ1n) is 8.62. The number of ether oxygens (including phenoxy) is 2. The number of methoxy groups -OCH3 is 2. The predicted octanol–water partition coefficient (Wildman–Crippen LogP) is 4.25. The topological polar surface area (TPSA) is 60.5 Å². The molecule has 0 aliphatic heterocycles. The second kappa shape index (κ2) is 8.68. The molecule has 0 spiro atoms. The zero-order valence-electron chi connectivity index (χ0n) is 15.6. The lowest BCUT2D eigenvalue weighted by Gasteiger charge is -2.13. The highest BCUT2D eigenvalue weighted by molar-refractivity contribution is 7.13. The van der Waals surface area contributed by atoms with Crippen LogP contribution in [0.4, 0.5) is 0 Å². The van der Waals surface area contributed by atoms with Crippen LogP contribution in [0.5, 0.6) is 11.5 Å². The van der Waals surface area contributed by atoms with E-state index in [-0.39, 0.29) is 18.4 Å². The van der Waals surface area contributed by atoms with Crippen LogP contribution in [-0.2, 0) is 11.2 Å². The summed E-state index contributed by atoms with van der Waals surface area (Å²) in [7, 11) is 3.21. The number of thiazole rings is 1. The van der Waals surface area contributed by atoms with E-state index in [4.69, 9.17) is 9.47 Å². The van der Waals surface area contributed by atoms with Gasteiger partial charge in [-0.1, -0.05) is 30.3 Å². The third kappa shape index (κ3) is 4.65. The van der Waals surface area contributed by atoms with Crippen molar-refractivity contribution < 1.29 is 14.3 Å². The Kier molecular flexibility index (Phi) is 6.08. The Morgan fingerprint density at radius 1 is 1.11 bits per heavy atom. The van der Waals surface area contributed by atoms with Gasteiger partial charge >= 0.3 is 0 Å². The molecule has 1 heterocycles. The fourth-order valence-electron chi connectivity index (χ4n) is 2.77. The molecule has 0 aliphatic carbocycles. The molecule has 1 atom stereocenters. The molecule has 1 amide bonds. The minimum atomic E-state index is -0.0458. The first-order valence-corrected chi connectivity index (χ1v) is 9.49. The number of nitrogens with one attached hydrogen (secondary N) is 1. The van der Waals surface area contributed by atoms with Gasteiger partial charge in [-0.2, -0.15) is 0 Å². The average Bonchev–Trinajstić information content (AvgIpc) is 3.16. The van der Waals surface area contributed by atoms with Crippen molar-refractivity contribution in [3.8, 4) is 22.1 Å². The zero-order valence-corrected chi connectivity index (χ0v) is 16.4. The van der Waals surface area contributed by atoms with Crippen LogP contribution in [0.25, 0.3) is 10.6 Å². The molecule has 1 N–H and O–H groups in total. The number of carbonyl (C=O) groups is 1. The van der Waals surface area contributed by atoms with Crippen LogP contribution in [0.3, 0.4) is 0 Å². The molecule has 0 saturated carbocycles. The Bertz CT molecular complexity index is 909. The van der Waals surface area contributed by atoms with Gasteiger partial charge in [-0.3, -0.25) is 4.79 Å². The highest BCUT2D eigenvalue weighted by atomic mass is 32.1. The van der Waals surface area contributed by atoms with E-state index in [1.807, 2.05) is 60.8 Å².